The first kappa shape index (κ1) is 11.5. The Kier molecular flexibility index (Phi) is 3.70. The number of nitrogen functional groups attached to an aromatic ring is 1. The van der Waals surface area contributed by atoms with Gasteiger partial charge in [0, 0.05) is 0 Å². The van der Waals surface area contributed by atoms with Gasteiger partial charge < -0.3 is 11.5 Å². The van der Waals surface area contributed by atoms with Crippen LogP contribution in [0.1, 0.15) is 12.6 Å². The van der Waals surface area contributed by atoms with Gasteiger partial charge in [0.2, 0.25) is 0 Å². The maximum atomic E-state index is 5.71. The number of hydrazone groups is 1. The molecule has 1 heterocycles. The van der Waals surface area contributed by atoms with Gasteiger partial charge in [-0.15, -0.1) is 5.10 Å². The summed E-state index contributed by atoms with van der Waals surface area (Å²) in [5, 5.41) is 5.37. The van der Waals surface area contributed by atoms with E-state index in [0.29, 0.717) is 23.1 Å². The third kappa shape index (κ3) is 2.97. The molecule has 7 heteroatoms. The maximum absolute atomic E-state index is 5.71. The topological polar surface area (TPSA) is 107 Å². The number of aromatic nitrogens is 1. The van der Waals surface area contributed by atoms with Crippen LogP contribution in [0.5, 0.6) is 0 Å². The summed E-state index contributed by atoms with van der Waals surface area (Å²) in [6, 6.07) is 3.19. The van der Waals surface area contributed by atoms with Gasteiger partial charge in [-0.1, -0.05) is 11.6 Å². The molecule has 6 nitrogen and oxygen atoms in total. The van der Waals surface area contributed by atoms with Gasteiger partial charge in [0.25, 0.3) is 0 Å². The summed E-state index contributed by atoms with van der Waals surface area (Å²) in [6.45, 7) is 2.37. The maximum Gasteiger partial charge on any atom is 0.173 e. The van der Waals surface area contributed by atoms with Crippen LogP contribution < -0.4 is 17.3 Å². The third-order valence-electron chi connectivity index (χ3n) is 1.70. The molecule has 0 saturated carbocycles. The minimum absolute atomic E-state index is 0.138. The van der Waals surface area contributed by atoms with E-state index >= 15 is 0 Å². The predicted octanol–water partition coefficient (Wildman–Crippen LogP) is 0.133. The normalized spacial score (nSPS) is 11.5. The largest absolute Gasteiger partial charge is 0.397 e. The Balaban J connectivity index is 3.04. The van der Waals surface area contributed by atoms with Gasteiger partial charge in [-0.3, -0.25) is 0 Å². The Morgan fingerprint density at radius 3 is 2.87 bits per heavy atom. The van der Waals surface area contributed by atoms with Gasteiger partial charge in [0.15, 0.2) is 5.84 Å². The SMILES string of the molecule is CCN(N)/N=C(\N)c1nc(Cl)ccc1N. The summed E-state index contributed by atoms with van der Waals surface area (Å²) in [5.74, 6) is 5.60. The van der Waals surface area contributed by atoms with E-state index in [1.165, 1.54) is 5.12 Å². The van der Waals surface area contributed by atoms with Gasteiger partial charge in [-0.05, 0) is 19.1 Å². The number of nitrogens with two attached hydrogens (primary N) is 3. The molecule has 0 atom stereocenters. The van der Waals surface area contributed by atoms with E-state index in [9.17, 15) is 0 Å². The number of anilines is 1. The number of hydrogen-bond donors (Lipinski definition) is 3. The fraction of sp³-hybridized carbons (Fsp3) is 0.250. The van der Waals surface area contributed by atoms with Crippen molar-refractivity contribution >= 4 is 23.1 Å². The van der Waals surface area contributed by atoms with E-state index in [2.05, 4.69) is 10.1 Å². The van der Waals surface area contributed by atoms with Crippen LogP contribution in [0.15, 0.2) is 17.2 Å². The summed E-state index contributed by atoms with van der Waals surface area (Å²) in [7, 11) is 0. The van der Waals surface area contributed by atoms with Crippen LogP contribution in [0, 0.1) is 0 Å². The Morgan fingerprint density at radius 2 is 2.27 bits per heavy atom. The summed E-state index contributed by atoms with van der Waals surface area (Å²) in [5.41, 5.74) is 12.1. The fourth-order valence-electron chi connectivity index (χ4n) is 0.908. The van der Waals surface area contributed by atoms with E-state index < -0.39 is 0 Å². The zero-order valence-electron chi connectivity index (χ0n) is 8.31. The number of pyridine rings is 1. The molecule has 1 rings (SSSR count). The second kappa shape index (κ2) is 4.81. The Bertz CT molecular complexity index is 377. The second-order valence-electron chi connectivity index (χ2n) is 2.81. The monoisotopic (exact) mass is 228 g/mol. The minimum Gasteiger partial charge on any atom is -0.397 e. The van der Waals surface area contributed by atoms with E-state index in [-0.39, 0.29) is 5.84 Å². The van der Waals surface area contributed by atoms with Crippen LogP contribution in [-0.4, -0.2) is 22.5 Å². The molecular formula is C8H13ClN6. The Hall–Kier alpha value is -1.53. The molecule has 0 saturated heterocycles. The molecule has 0 aromatic carbocycles. The molecule has 6 N–H and O–H groups in total. The molecule has 0 radical (unpaired) electrons. The molecule has 0 bridgehead atoms. The van der Waals surface area contributed by atoms with E-state index in [1.54, 1.807) is 12.1 Å². The average Bonchev–Trinajstić information content (AvgIpc) is 2.21. The van der Waals surface area contributed by atoms with Crippen molar-refractivity contribution in [3.63, 3.8) is 0 Å². The first-order valence-corrected chi connectivity index (χ1v) is 4.71. The minimum atomic E-state index is 0.138. The molecule has 82 valence electrons. The van der Waals surface area contributed by atoms with Crippen molar-refractivity contribution in [1.29, 1.82) is 0 Å². The number of amidine groups is 1. The highest BCUT2D eigenvalue weighted by Crippen LogP contribution is 2.12. The highest BCUT2D eigenvalue weighted by atomic mass is 35.5. The summed E-state index contributed by atoms with van der Waals surface area (Å²) in [4.78, 5) is 3.96. The molecular weight excluding hydrogens is 216 g/mol. The van der Waals surface area contributed by atoms with Crippen molar-refractivity contribution < 1.29 is 0 Å². The van der Waals surface area contributed by atoms with Crippen LogP contribution in [-0.2, 0) is 0 Å². The molecule has 0 fully saturated rings. The summed E-state index contributed by atoms with van der Waals surface area (Å²) in [6.07, 6.45) is 0. The number of hydrazine groups is 1. The van der Waals surface area contributed by atoms with E-state index in [1.807, 2.05) is 6.92 Å². The highest BCUT2D eigenvalue weighted by molar-refractivity contribution is 6.29. The van der Waals surface area contributed by atoms with Gasteiger partial charge in [0.1, 0.15) is 10.8 Å². The zero-order chi connectivity index (χ0) is 11.4. The van der Waals surface area contributed by atoms with Crippen molar-refractivity contribution in [2.75, 3.05) is 12.3 Å². The molecule has 1 aromatic rings. The molecule has 0 aliphatic carbocycles. The van der Waals surface area contributed by atoms with Crippen molar-refractivity contribution in [2.45, 2.75) is 6.92 Å². The lowest BCUT2D eigenvalue weighted by Gasteiger charge is -2.11. The standard InChI is InChI=1S/C8H13ClN6/c1-2-15(12)14-8(11)7-5(10)3-4-6(9)13-7/h3-4H,2,10,12H2,1H3,(H2,11,14). The van der Waals surface area contributed by atoms with Crippen LogP contribution >= 0.6 is 11.6 Å². The third-order valence-corrected chi connectivity index (χ3v) is 1.91. The average molecular weight is 229 g/mol. The number of halogens is 1. The molecule has 0 unspecified atom stereocenters. The van der Waals surface area contributed by atoms with Crippen LogP contribution in [0.3, 0.4) is 0 Å². The lowest BCUT2D eigenvalue weighted by atomic mass is 10.3. The van der Waals surface area contributed by atoms with Crippen molar-refractivity contribution in [3.8, 4) is 0 Å². The van der Waals surface area contributed by atoms with E-state index in [4.69, 9.17) is 28.9 Å². The molecule has 15 heavy (non-hydrogen) atoms. The predicted molar refractivity (Wildman–Crippen MR) is 61.0 cm³/mol. The van der Waals surface area contributed by atoms with Crippen molar-refractivity contribution in [1.82, 2.24) is 10.1 Å². The molecule has 0 amide bonds. The number of rotatable bonds is 3. The smallest absolute Gasteiger partial charge is 0.173 e. The quantitative estimate of drug-likeness (QED) is 0.224. The van der Waals surface area contributed by atoms with Crippen molar-refractivity contribution in [2.24, 2.45) is 16.7 Å². The first-order valence-electron chi connectivity index (χ1n) is 4.33. The number of nitrogens with zero attached hydrogens (tertiary/aromatic N) is 3. The van der Waals surface area contributed by atoms with Gasteiger partial charge in [0.05, 0.1) is 12.2 Å². The van der Waals surface area contributed by atoms with Crippen LogP contribution in [0.4, 0.5) is 5.69 Å². The number of hydrogen-bond acceptors (Lipinski definition) is 5. The van der Waals surface area contributed by atoms with Gasteiger partial charge in [-0.2, -0.15) is 0 Å². The summed E-state index contributed by atoms with van der Waals surface area (Å²) < 4.78 is 0. The lowest BCUT2D eigenvalue weighted by Crippen LogP contribution is -2.30. The van der Waals surface area contributed by atoms with Gasteiger partial charge in [-0.25, -0.2) is 15.9 Å². The van der Waals surface area contributed by atoms with Gasteiger partial charge >= 0.3 is 0 Å². The zero-order valence-corrected chi connectivity index (χ0v) is 9.07. The van der Waals surface area contributed by atoms with Crippen LogP contribution in [0.25, 0.3) is 0 Å². The molecule has 0 spiro atoms. The lowest BCUT2D eigenvalue weighted by molar-refractivity contribution is 0.316. The van der Waals surface area contributed by atoms with Crippen molar-refractivity contribution in [3.05, 3.63) is 23.0 Å². The molecule has 0 aliphatic rings. The second-order valence-corrected chi connectivity index (χ2v) is 3.20. The molecule has 0 aliphatic heterocycles. The fourth-order valence-corrected chi connectivity index (χ4v) is 1.06. The van der Waals surface area contributed by atoms with Crippen LogP contribution in [0.2, 0.25) is 5.15 Å². The summed E-state index contributed by atoms with van der Waals surface area (Å²) >= 11 is 5.71. The first-order chi connectivity index (χ1) is 7.04. The Morgan fingerprint density at radius 1 is 1.60 bits per heavy atom. The Labute approximate surface area is 92.7 Å². The molecule has 1 aromatic heterocycles. The van der Waals surface area contributed by atoms with E-state index in [0.717, 1.165) is 0 Å². The highest BCUT2D eigenvalue weighted by Gasteiger charge is 2.07.